The number of rotatable bonds is 4. The van der Waals surface area contributed by atoms with Crippen molar-refractivity contribution in [3.8, 4) is 33.6 Å². The Morgan fingerprint density at radius 3 is 1.24 bits per heavy atom. The molecular formula is C56H34F2N2S2. The largest absolute Gasteiger partial charge is 0.307 e. The second-order valence-electron chi connectivity index (χ2n) is 16.3. The fourth-order valence-electron chi connectivity index (χ4n) is 10.5. The predicted molar refractivity (Wildman–Crippen MR) is 261 cm³/mol. The summed E-state index contributed by atoms with van der Waals surface area (Å²) in [7, 11) is 0. The summed E-state index contributed by atoms with van der Waals surface area (Å²) >= 11 is 3.61. The van der Waals surface area contributed by atoms with E-state index >= 15 is 8.78 Å². The van der Waals surface area contributed by atoms with Gasteiger partial charge in [0.25, 0.3) is 0 Å². The van der Waals surface area contributed by atoms with E-state index in [0.717, 1.165) is 88.4 Å². The summed E-state index contributed by atoms with van der Waals surface area (Å²) in [5.74, 6) is -0.638. The van der Waals surface area contributed by atoms with Gasteiger partial charge in [0.2, 0.25) is 0 Å². The lowest BCUT2D eigenvalue weighted by molar-refractivity contribution is 0.628. The van der Waals surface area contributed by atoms with Crippen molar-refractivity contribution in [2.45, 2.75) is 13.8 Å². The van der Waals surface area contributed by atoms with Gasteiger partial charge in [-0.25, -0.2) is 8.78 Å². The van der Waals surface area contributed by atoms with Crippen LogP contribution in [0.3, 0.4) is 0 Å². The Hall–Kier alpha value is -7.12. The Bertz CT molecular complexity index is 3980. The van der Waals surface area contributed by atoms with Crippen LogP contribution in [0.4, 0.5) is 8.78 Å². The van der Waals surface area contributed by atoms with Crippen LogP contribution >= 0.6 is 22.7 Å². The quantitative estimate of drug-likeness (QED) is 0.167. The van der Waals surface area contributed by atoms with Crippen molar-refractivity contribution in [3.05, 3.63) is 193 Å². The molecule has 13 rings (SSSR count). The first-order chi connectivity index (χ1) is 30.4. The molecule has 0 spiro atoms. The van der Waals surface area contributed by atoms with E-state index in [0.29, 0.717) is 0 Å². The first-order valence-corrected chi connectivity index (χ1v) is 22.4. The number of halogens is 2. The molecule has 0 unspecified atom stereocenters. The maximum atomic E-state index is 15.9. The molecule has 0 aliphatic rings. The van der Waals surface area contributed by atoms with Crippen molar-refractivity contribution < 1.29 is 8.78 Å². The molecule has 0 atom stereocenters. The number of benzene rings is 9. The smallest absolute Gasteiger partial charge is 0.123 e. The normalized spacial score (nSPS) is 12.2. The maximum Gasteiger partial charge on any atom is 0.123 e. The van der Waals surface area contributed by atoms with Gasteiger partial charge in [-0.3, -0.25) is 0 Å². The summed E-state index contributed by atoms with van der Waals surface area (Å²) in [4.78, 5) is 0. The topological polar surface area (TPSA) is 9.86 Å². The molecule has 4 heterocycles. The number of thiophene rings is 2. The molecule has 0 aliphatic heterocycles. The highest BCUT2D eigenvalue weighted by molar-refractivity contribution is 7.27. The number of aromatic nitrogens is 2. The molecule has 2 nitrogen and oxygen atoms in total. The van der Waals surface area contributed by atoms with Crippen LogP contribution in [-0.2, 0) is 0 Å². The molecule has 0 aliphatic carbocycles. The highest BCUT2D eigenvalue weighted by Gasteiger charge is 2.30. The summed E-state index contributed by atoms with van der Waals surface area (Å²) in [5.41, 5.74) is 11.5. The molecule has 0 radical (unpaired) electrons. The van der Waals surface area contributed by atoms with Crippen LogP contribution in [0.1, 0.15) is 11.1 Å². The van der Waals surface area contributed by atoms with Gasteiger partial charge in [-0.2, -0.15) is 0 Å². The van der Waals surface area contributed by atoms with Crippen molar-refractivity contribution in [1.29, 1.82) is 0 Å². The minimum atomic E-state index is -0.319. The Morgan fingerprint density at radius 1 is 0.371 bits per heavy atom. The average molecular weight is 837 g/mol. The monoisotopic (exact) mass is 836 g/mol. The maximum absolute atomic E-state index is 15.9. The van der Waals surface area contributed by atoms with Crippen molar-refractivity contribution >= 4 is 107 Å². The molecule has 0 saturated carbocycles. The van der Waals surface area contributed by atoms with Crippen molar-refractivity contribution in [3.63, 3.8) is 0 Å². The predicted octanol–water partition coefficient (Wildman–Crippen LogP) is 16.8. The molecule has 4 aromatic heterocycles. The van der Waals surface area contributed by atoms with E-state index < -0.39 is 0 Å². The lowest BCUT2D eigenvalue weighted by atomic mass is 9.86. The van der Waals surface area contributed by atoms with Gasteiger partial charge in [0.05, 0.1) is 42.8 Å². The Morgan fingerprint density at radius 2 is 0.774 bits per heavy atom. The molecule has 0 N–H and O–H groups in total. The van der Waals surface area contributed by atoms with E-state index in [1.807, 2.05) is 23.5 Å². The Labute approximate surface area is 362 Å². The molecule has 62 heavy (non-hydrogen) atoms. The molecule has 0 saturated heterocycles. The Balaban J connectivity index is 1.29. The van der Waals surface area contributed by atoms with Crippen LogP contribution in [-0.4, -0.2) is 9.13 Å². The third-order valence-corrected chi connectivity index (χ3v) is 15.4. The van der Waals surface area contributed by atoms with Gasteiger partial charge < -0.3 is 9.13 Å². The summed E-state index contributed by atoms with van der Waals surface area (Å²) < 4.78 is 41.4. The van der Waals surface area contributed by atoms with Crippen molar-refractivity contribution in [1.82, 2.24) is 9.13 Å². The zero-order valence-corrected chi connectivity index (χ0v) is 35.3. The molecule has 6 heteroatoms. The Kier molecular flexibility index (Phi) is 7.58. The minimum Gasteiger partial charge on any atom is -0.307 e. The van der Waals surface area contributed by atoms with Crippen molar-refractivity contribution in [2.24, 2.45) is 0 Å². The third kappa shape index (κ3) is 4.87. The highest BCUT2D eigenvalue weighted by atomic mass is 32.1. The van der Waals surface area contributed by atoms with Crippen molar-refractivity contribution in [2.75, 3.05) is 0 Å². The SMILES string of the molecule is Cc1c(-c2cccc(F)c2)c(-n2c3ccccc3c3ccc4c5ccccc5sc4c32)c(-c2cccc(F)c2)c(C)c1-n1c2ccccc2c2ccc3c4ccccc4sc3c21. The number of fused-ring (bicyclic) bond motifs is 14. The minimum absolute atomic E-state index is 0.319. The fourth-order valence-corrected chi connectivity index (χ4v) is 13.0. The van der Waals surface area contributed by atoms with Crippen LogP contribution in [0, 0.1) is 25.5 Å². The highest BCUT2D eigenvalue weighted by Crippen LogP contribution is 2.52. The molecule has 13 aromatic rings. The van der Waals surface area contributed by atoms with Gasteiger partial charge in [0.15, 0.2) is 0 Å². The number of hydrogen-bond donors (Lipinski definition) is 0. The molecule has 0 bridgehead atoms. The first kappa shape index (κ1) is 35.6. The van der Waals surface area contributed by atoms with Gasteiger partial charge in [-0.1, -0.05) is 121 Å². The molecular weight excluding hydrogens is 803 g/mol. The zero-order chi connectivity index (χ0) is 41.4. The average Bonchev–Trinajstić information content (AvgIpc) is 4.04. The van der Waals surface area contributed by atoms with Gasteiger partial charge in [0.1, 0.15) is 11.6 Å². The van der Waals surface area contributed by atoms with Gasteiger partial charge in [-0.15, -0.1) is 22.7 Å². The lowest BCUT2D eigenvalue weighted by Gasteiger charge is -2.27. The lowest BCUT2D eigenvalue weighted by Crippen LogP contribution is -2.10. The summed E-state index contributed by atoms with van der Waals surface area (Å²) in [6, 6.07) is 57.4. The third-order valence-electron chi connectivity index (χ3n) is 13.0. The zero-order valence-electron chi connectivity index (χ0n) is 33.6. The van der Waals surface area contributed by atoms with E-state index in [-0.39, 0.29) is 11.6 Å². The van der Waals surface area contributed by atoms with Crippen LogP contribution in [0.15, 0.2) is 170 Å². The molecule has 9 aromatic carbocycles. The standard InChI is InChI=1S/C56H34F2N2S2/c1-31-49(33-13-11-15-35(57)29-33)54(60-46-22-8-4-18-38(46)42-26-28-44-40-20-6-10-24-48(40)62-56(44)53(42)60)50(34-14-12-16-36(58)30-34)32(2)51(31)59-45-21-7-3-17-37(45)41-25-27-43-39-19-5-9-23-47(39)61-55(43)52(41)59/h3-30H,1-2H3. The first-order valence-electron chi connectivity index (χ1n) is 20.8. The van der Waals surface area contributed by atoms with Gasteiger partial charge >= 0.3 is 0 Å². The van der Waals surface area contributed by atoms with E-state index in [1.165, 1.54) is 52.5 Å². The van der Waals surface area contributed by atoms with Crippen LogP contribution in [0.25, 0.3) is 118 Å². The molecule has 0 fully saturated rings. The second-order valence-corrected chi connectivity index (χ2v) is 18.4. The molecule has 0 amide bonds. The number of nitrogens with zero attached hydrogens (tertiary/aromatic N) is 2. The number of para-hydroxylation sites is 2. The fraction of sp³-hybridized carbons (Fsp3) is 0.0357. The van der Waals surface area contributed by atoms with Gasteiger partial charge in [0, 0.05) is 63.6 Å². The van der Waals surface area contributed by atoms with Gasteiger partial charge in [-0.05, 0) is 84.6 Å². The van der Waals surface area contributed by atoms with E-state index in [4.69, 9.17) is 0 Å². The number of hydrogen-bond acceptors (Lipinski definition) is 2. The van der Waals surface area contributed by atoms with Crippen LogP contribution < -0.4 is 0 Å². The van der Waals surface area contributed by atoms with Crippen LogP contribution in [0.2, 0.25) is 0 Å². The molecule has 294 valence electrons. The summed E-state index contributed by atoms with van der Waals surface area (Å²) in [5, 5.41) is 9.40. The van der Waals surface area contributed by atoms with E-state index in [9.17, 15) is 0 Å². The van der Waals surface area contributed by atoms with Crippen LogP contribution in [0.5, 0.6) is 0 Å². The second kappa shape index (κ2) is 13.2. The van der Waals surface area contributed by atoms with E-state index in [2.05, 4.69) is 144 Å². The summed E-state index contributed by atoms with van der Waals surface area (Å²) in [6.07, 6.45) is 0. The van der Waals surface area contributed by atoms with E-state index in [1.54, 1.807) is 35.6 Å². The summed E-state index contributed by atoms with van der Waals surface area (Å²) in [6.45, 7) is 4.38.